The number of thioether (sulfide) groups is 1. The lowest BCUT2D eigenvalue weighted by atomic mass is 10.1. The van der Waals surface area contributed by atoms with E-state index in [2.05, 4.69) is 10.6 Å². The fourth-order valence-corrected chi connectivity index (χ4v) is 4.87. The second kappa shape index (κ2) is 9.61. The number of nitrogens with zero attached hydrogens (tertiary/aromatic N) is 2. The summed E-state index contributed by atoms with van der Waals surface area (Å²) in [5.41, 5.74) is 3.69. The summed E-state index contributed by atoms with van der Waals surface area (Å²) < 4.78 is 8.01. The first kappa shape index (κ1) is 22.0. The molecule has 0 atom stereocenters. The van der Waals surface area contributed by atoms with Crippen LogP contribution in [0.5, 0.6) is 5.75 Å². The normalized spacial score (nSPS) is 15.0. The molecule has 3 aromatic carbocycles. The van der Waals surface area contributed by atoms with Crippen LogP contribution in [0.15, 0.2) is 90.0 Å². The van der Waals surface area contributed by atoms with Gasteiger partial charge in [-0.1, -0.05) is 54.1 Å². The van der Waals surface area contributed by atoms with E-state index < -0.39 is 0 Å². The molecule has 1 aliphatic heterocycles. The van der Waals surface area contributed by atoms with Crippen LogP contribution in [0.4, 0.5) is 10.5 Å². The quantitative estimate of drug-likeness (QED) is 0.225. The molecule has 1 saturated heterocycles. The summed E-state index contributed by atoms with van der Waals surface area (Å²) in [5.74, 6) is 0.580. The number of fused-ring (bicyclic) bond motifs is 1. The number of hydrogen-bond donors (Lipinski definition) is 0. The molecular formula is C28H24N2O3S. The molecule has 34 heavy (non-hydrogen) atoms. The Morgan fingerprint density at radius 1 is 0.912 bits per heavy atom. The number of imide groups is 1. The average molecular weight is 469 g/mol. The number of carbonyl (C=O) groups is 2. The average Bonchev–Trinajstić information content (AvgIpc) is 3.34. The van der Waals surface area contributed by atoms with Gasteiger partial charge in [0.15, 0.2) is 0 Å². The van der Waals surface area contributed by atoms with Gasteiger partial charge in [0.25, 0.3) is 11.1 Å². The van der Waals surface area contributed by atoms with Crippen molar-refractivity contribution in [3.8, 4) is 5.75 Å². The van der Waals surface area contributed by atoms with Crippen LogP contribution >= 0.6 is 11.8 Å². The number of hydrogen-bond acceptors (Lipinski definition) is 4. The molecule has 1 aromatic heterocycles. The van der Waals surface area contributed by atoms with Crippen molar-refractivity contribution in [3.05, 3.63) is 101 Å². The highest BCUT2D eigenvalue weighted by atomic mass is 32.2. The Morgan fingerprint density at radius 3 is 2.44 bits per heavy atom. The smallest absolute Gasteiger partial charge is 0.298 e. The molecule has 0 aliphatic carbocycles. The Kier molecular flexibility index (Phi) is 6.23. The lowest BCUT2D eigenvalue weighted by Crippen LogP contribution is -2.27. The van der Waals surface area contributed by atoms with E-state index in [4.69, 9.17) is 4.74 Å². The zero-order valence-corrected chi connectivity index (χ0v) is 19.6. The van der Waals surface area contributed by atoms with Gasteiger partial charge in [0.2, 0.25) is 0 Å². The summed E-state index contributed by atoms with van der Waals surface area (Å²) in [6.45, 7) is 3.37. The van der Waals surface area contributed by atoms with Gasteiger partial charge in [0.1, 0.15) is 5.75 Å². The third kappa shape index (κ3) is 4.50. The molecule has 0 unspecified atom stereocenters. The molecule has 0 spiro atoms. The molecule has 170 valence electrons. The molecule has 0 bridgehead atoms. The van der Waals surface area contributed by atoms with E-state index in [-0.39, 0.29) is 11.1 Å². The fourth-order valence-electron chi connectivity index (χ4n) is 4.04. The standard InChI is InChI=1S/C28H24N2O3S/c1-20-12-14-22(15-13-20)30-27(31)26(34-28(30)32)18-21-19-29(25-11-6-5-10-24(21)25)16-7-17-33-23-8-3-2-4-9-23/h2-6,8-15,18-19H,7,16-17H2,1H3/b26-18-. The molecule has 6 heteroatoms. The second-order valence-corrected chi connectivity index (χ2v) is 9.16. The summed E-state index contributed by atoms with van der Waals surface area (Å²) in [6, 6.07) is 25.3. The molecule has 0 N–H and O–H groups in total. The van der Waals surface area contributed by atoms with Crippen LogP contribution in [0.3, 0.4) is 0 Å². The van der Waals surface area contributed by atoms with Crippen LogP contribution in [0, 0.1) is 6.92 Å². The Hall–Kier alpha value is -3.77. The molecule has 1 aliphatic rings. The fraction of sp³-hybridized carbons (Fsp3) is 0.143. The van der Waals surface area contributed by atoms with Crippen molar-refractivity contribution >= 4 is 45.6 Å². The Morgan fingerprint density at radius 2 is 1.65 bits per heavy atom. The maximum Gasteiger partial charge on any atom is 0.298 e. The molecule has 0 radical (unpaired) electrons. The van der Waals surface area contributed by atoms with E-state index >= 15 is 0 Å². The highest BCUT2D eigenvalue weighted by Crippen LogP contribution is 2.37. The molecule has 1 fully saturated rings. The number of aryl methyl sites for hydroxylation is 2. The van der Waals surface area contributed by atoms with Crippen molar-refractivity contribution in [1.29, 1.82) is 0 Å². The van der Waals surface area contributed by atoms with Crippen LogP contribution in [0.2, 0.25) is 0 Å². The van der Waals surface area contributed by atoms with Crippen molar-refractivity contribution < 1.29 is 14.3 Å². The summed E-state index contributed by atoms with van der Waals surface area (Å²) in [4.78, 5) is 27.4. The van der Waals surface area contributed by atoms with Crippen LogP contribution in [0.1, 0.15) is 17.5 Å². The summed E-state index contributed by atoms with van der Waals surface area (Å²) in [5, 5.41) is 0.774. The molecule has 5 rings (SSSR count). The van der Waals surface area contributed by atoms with E-state index in [1.54, 1.807) is 12.1 Å². The molecule has 2 amide bonds. The molecule has 0 saturated carbocycles. The number of amides is 2. The highest BCUT2D eigenvalue weighted by molar-refractivity contribution is 8.19. The predicted molar refractivity (Wildman–Crippen MR) is 138 cm³/mol. The zero-order chi connectivity index (χ0) is 23.5. The van der Waals surface area contributed by atoms with Gasteiger partial charge in [0, 0.05) is 29.2 Å². The van der Waals surface area contributed by atoms with Crippen LogP contribution < -0.4 is 9.64 Å². The summed E-state index contributed by atoms with van der Waals surface area (Å²) in [6.07, 6.45) is 4.72. The van der Waals surface area contributed by atoms with Crippen molar-refractivity contribution in [2.75, 3.05) is 11.5 Å². The number of anilines is 1. The predicted octanol–water partition coefficient (Wildman–Crippen LogP) is 6.66. The van der Waals surface area contributed by atoms with Crippen LogP contribution in [-0.4, -0.2) is 22.3 Å². The van der Waals surface area contributed by atoms with Gasteiger partial charge in [-0.25, -0.2) is 4.90 Å². The van der Waals surface area contributed by atoms with Crippen molar-refractivity contribution in [2.24, 2.45) is 0 Å². The van der Waals surface area contributed by atoms with E-state index in [9.17, 15) is 9.59 Å². The lowest BCUT2D eigenvalue weighted by molar-refractivity contribution is -0.113. The summed E-state index contributed by atoms with van der Waals surface area (Å²) >= 11 is 0.982. The lowest BCUT2D eigenvalue weighted by Gasteiger charge is -2.12. The number of aromatic nitrogens is 1. The number of ether oxygens (including phenoxy) is 1. The number of carbonyl (C=O) groups excluding carboxylic acids is 2. The first-order valence-electron chi connectivity index (χ1n) is 11.2. The van der Waals surface area contributed by atoms with Crippen LogP contribution in [0.25, 0.3) is 17.0 Å². The van der Waals surface area contributed by atoms with Gasteiger partial charge in [-0.15, -0.1) is 0 Å². The van der Waals surface area contributed by atoms with Gasteiger partial charge >= 0.3 is 0 Å². The van der Waals surface area contributed by atoms with Gasteiger partial charge in [-0.05, 0) is 61.5 Å². The molecule has 2 heterocycles. The first-order valence-corrected chi connectivity index (χ1v) is 12.0. The minimum absolute atomic E-state index is 0.276. The SMILES string of the molecule is Cc1ccc(N2C(=O)S/C(=C\c3cn(CCCOc4ccccc4)c4ccccc34)C2=O)cc1. The second-order valence-electron chi connectivity index (χ2n) is 8.16. The van der Waals surface area contributed by atoms with Gasteiger partial charge < -0.3 is 9.30 Å². The third-order valence-corrected chi connectivity index (χ3v) is 6.62. The van der Waals surface area contributed by atoms with Crippen molar-refractivity contribution in [3.63, 3.8) is 0 Å². The number of para-hydroxylation sites is 2. The Balaban J connectivity index is 1.36. The van der Waals surface area contributed by atoms with Gasteiger partial charge in [0.05, 0.1) is 17.2 Å². The number of benzene rings is 3. The Labute approximate surface area is 202 Å². The topological polar surface area (TPSA) is 51.5 Å². The molecular weight excluding hydrogens is 444 g/mol. The first-order chi connectivity index (χ1) is 16.6. The molecule has 4 aromatic rings. The van der Waals surface area contributed by atoms with Crippen molar-refractivity contribution in [1.82, 2.24) is 4.57 Å². The van der Waals surface area contributed by atoms with Crippen LogP contribution in [-0.2, 0) is 11.3 Å². The molecule has 5 nitrogen and oxygen atoms in total. The minimum atomic E-state index is -0.285. The monoisotopic (exact) mass is 468 g/mol. The third-order valence-electron chi connectivity index (χ3n) is 5.75. The largest absolute Gasteiger partial charge is 0.494 e. The maximum atomic E-state index is 13.1. The maximum absolute atomic E-state index is 13.1. The summed E-state index contributed by atoms with van der Waals surface area (Å²) in [7, 11) is 0. The van der Waals surface area contributed by atoms with E-state index in [0.29, 0.717) is 17.2 Å². The van der Waals surface area contributed by atoms with E-state index in [1.165, 1.54) is 4.90 Å². The minimum Gasteiger partial charge on any atom is -0.494 e. The Bertz CT molecular complexity index is 1370. The van der Waals surface area contributed by atoms with Gasteiger partial charge in [-0.3, -0.25) is 9.59 Å². The van der Waals surface area contributed by atoms with Crippen molar-refractivity contribution in [2.45, 2.75) is 19.9 Å². The van der Waals surface area contributed by atoms with Gasteiger partial charge in [-0.2, -0.15) is 0 Å². The zero-order valence-electron chi connectivity index (χ0n) is 18.8. The van der Waals surface area contributed by atoms with E-state index in [1.807, 2.05) is 79.9 Å². The number of rotatable bonds is 7. The highest BCUT2D eigenvalue weighted by Gasteiger charge is 2.36. The van der Waals surface area contributed by atoms with E-state index in [0.717, 1.165) is 52.5 Å².